The smallest absolute Gasteiger partial charge is 0.114 e. The van der Waals surface area contributed by atoms with E-state index < -0.39 is 0 Å². The molecule has 0 bridgehead atoms. The molecule has 0 aliphatic heterocycles. The number of hydrogen-bond acceptors (Lipinski definition) is 1. The van der Waals surface area contributed by atoms with Crippen molar-refractivity contribution < 1.29 is 0 Å². The van der Waals surface area contributed by atoms with E-state index in [9.17, 15) is 0 Å². The van der Waals surface area contributed by atoms with Crippen LogP contribution in [0.25, 0.3) is 0 Å². The average Bonchev–Trinajstić information content (AvgIpc) is 2.51. The van der Waals surface area contributed by atoms with Gasteiger partial charge in [-0.25, -0.2) is 4.98 Å². The van der Waals surface area contributed by atoms with Gasteiger partial charge in [0.15, 0.2) is 0 Å². The first-order valence-corrected chi connectivity index (χ1v) is 6.06. The summed E-state index contributed by atoms with van der Waals surface area (Å²) in [5.41, 5.74) is 0.0554. The van der Waals surface area contributed by atoms with E-state index >= 15 is 0 Å². The molecular weight excluding hydrogens is 208 g/mol. The standard InChI is InChI=1S/C12H21ClN2/c1-5-7-15-8-6-14-11(15)12(3,4)9-10(2)13/h6,8,10H,5,7,9H2,1-4H3. The fraction of sp³-hybridized carbons (Fsp3) is 0.750. The Morgan fingerprint density at radius 2 is 2.20 bits per heavy atom. The molecule has 0 amide bonds. The molecule has 1 rings (SSSR count). The molecule has 0 aliphatic carbocycles. The van der Waals surface area contributed by atoms with Crippen molar-refractivity contribution in [3.8, 4) is 0 Å². The summed E-state index contributed by atoms with van der Waals surface area (Å²) < 4.78 is 2.24. The van der Waals surface area contributed by atoms with Crippen LogP contribution in [0.5, 0.6) is 0 Å². The Morgan fingerprint density at radius 1 is 1.53 bits per heavy atom. The van der Waals surface area contributed by atoms with Gasteiger partial charge in [-0.1, -0.05) is 20.8 Å². The van der Waals surface area contributed by atoms with Gasteiger partial charge in [0, 0.05) is 29.7 Å². The van der Waals surface area contributed by atoms with Gasteiger partial charge in [0.2, 0.25) is 0 Å². The van der Waals surface area contributed by atoms with Crippen molar-refractivity contribution in [1.29, 1.82) is 0 Å². The summed E-state index contributed by atoms with van der Waals surface area (Å²) in [7, 11) is 0. The highest BCUT2D eigenvalue weighted by molar-refractivity contribution is 6.20. The van der Waals surface area contributed by atoms with E-state index in [1.54, 1.807) is 0 Å². The highest BCUT2D eigenvalue weighted by Crippen LogP contribution is 2.28. The lowest BCUT2D eigenvalue weighted by Crippen LogP contribution is -2.25. The van der Waals surface area contributed by atoms with Gasteiger partial charge >= 0.3 is 0 Å². The van der Waals surface area contributed by atoms with Crippen LogP contribution in [0.15, 0.2) is 12.4 Å². The monoisotopic (exact) mass is 228 g/mol. The largest absolute Gasteiger partial charge is 0.335 e. The predicted molar refractivity (Wildman–Crippen MR) is 65.5 cm³/mol. The second-order valence-electron chi connectivity index (χ2n) is 4.81. The van der Waals surface area contributed by atoms with Gasteiger partial charge in [-0.3, -0.25) is 0 Å². The predicted octanol–water partition coefficient (Wildman–Crippen LogP) is 3.59. The van der Waals surface area contributed by atoms with Crippen molar-refractivity contribution in [2.24, 2.45) is 0 Å². The quantitative estimate of drug-likeness (QED) is 0.705. The Bertz CT molecular complexity index is 302. The first kappa shape index (κ1) is 12.6. The van der Waals surface area contributed by atoms with E-state index in [0.717, 1.165) is 25.2 Å². The van der Waals surface area contributed by atoms with E-state index in [1.807, 2.05) is 13.1 Å². The van der Waals surface area contributed by atoms with E-state index in [-0.39, 0.29) is 10.8 Å². The summed E-state index contributed by atoms with van der Waals surface area (Å²) in [4.78, 5) is 4.46. The van der Waals surface area contributed by atoms with Crippen molar-refractivity contribution in [2.75, 3.05) is 0 Å². The van der Waals surface area contributed by atoms with Gasteiger partial charge in [0.05, 0.1) is 0 Å². The molecule has 1 atom stereocenters. The highest BCUT2D eigenvalue weighted by atomic mass is 35.5. The SMILES string of the molecule is CCCn1ccnc1C(C)(C)CC(C)Cl. The second kappa shape index (κ2) is 5.02. The molecule has 1 aromatic heterocycles. The molecule has 0 N–H and O–H groups in total. The molecular formula is C12H21ClN2. The topological polar surface area (TPSA) is 17.8 Å². The minimum Gasteiger partial charge on any atom is -0.335 e. The summed E-state index contributed by atoms with van der Waals surface area (Å²) in [6, 6.07) is 0. The fourth-order valence-corrected chi connectivity index (χ4v) is 2.49. The summed E-state index contributed by atoms with van der Waals surface area (Å²) in [6.45, 7) is 9.67. The number of hydrogen-bond donors (Lipinski definition) is 0. The molecule has 1 unspecified atom stereocenters. The highest BCUT2D eigenvalue weighted by Gasteiger charge is 2.26. The van der Waals surface area contributed by atoms with Crippen LogP contribution in [0, 0.1) is 0 Å². The number of alkyl halides is 1. The van der Waals surface area contributed by atoms with Gasteiger partial charge in [0.25, 0.3) is 0 Å². The Morgan fingerprint density at radius 3 is 2.73 bits per heavy atom. The lowest BCUT2D eigenvalue weighted by atomic mass is 9.87. The normalized spacial score (nSPS) is 14.2. The van der Waals surface area contributed by atoms with Crippen molar-refractivity contribution in [2.45, 2.75) is 57.9 Å². The molecule has 2 nitrogen and oxygen atoms in total. The van der Waals surface area contributed by atoms with Crippen LogP contribution in [-0.2, 0) is 12.0 Å². The molecule has 0 fully saturated rings. The zero-order valence-electron chi connectivity index (χ0n) is 10.1. The third-order valence-corrected chi connectivity index (χ3v) is 2.73. The van der Waals surface area contributed by atoms with Gasteiger partial charge in [-0.05, 0) is 19.8 Å². The summed E-state index contributed by atoms with van der Waals surface area (Å²) in [5.74, 6) is 1.15. The van der Waals surface area contributed by atoms with Gasteiger partial charge in [-0.2, -0.15) is 0 Å². The number of nitrogens with zero attached hydrogens (tertiary/aromatic N) is 2. The van der Waals surface area contributed by atoms with E-state index in [2.05, 4.69) is 36.5 Å². The molecule has 3 heteroatoms. The van der Waals surface area contributed by atoms with Crippen LogP contribution in [-0.4, -0.2) is 14.9 Å². The molecule has 15 heavy (non-hydrogen) atoms. The van der Waals surface area contributed by atoms with Crippen LogP contribution in [0.3, 0.4) is 0 Å². The van der Waals surface area contributed by atoms with Gasteiger partial charge < -0.3 is 4.57 Å². The first-order chi connectivity index (χ1) is 6.97. The molecule has 1 aromatic rings. The van der Waals surface area contributed by atoms with Crippen LogP contribution in [0.1, 0.15) is 46.4 Å². The molecule has 0 saturated heterocycles. The minimum atomic E-state index is 0.0554. The number of aryl methyl sites for hydroxylation is 1. The number of imidazole rings is 1. The zero-order valence-corrected chi connectivity index (χ0v) is 10.9. The second-order valence-corrected chi connectivity index (χ2v) is 5.56. The zero-order chi connectivity index (χ0) is 11.5. The molecule has 0 aliphatic rings. The average molecular weight is 229 g/mol. The summed E-state index contributed by atoms with van der Waals surface area (Å²) in [5, 5.41) is 0.187. The lowest BCUT2D eigenvalue weighted by molar-refractivity contribution is 0.421. The van der Waals surface area contributed by atoms with Gasteiger partial charge in [-0.15, -0.1) is 11.6 Å². The Labute approximate surface area is 97.7 Å². The fourth-order valence-electron chi connectivity index (χ4n) is 2.11. The minimum absolute atomic E-state index is 0.0554. The third-order valence-electron chi connectivity index (χ3n) is 2.58. The Hall–Kier alpha value is -0.500. The number of aromatic nitrogens is 2. The van der Waals surface area contributed by atoms with E-state index in [1.165, 1.54) is 0 Å². The first-order valence-electron chi connectivity index (χ1n) is 5.63. The van der Waals surface area contributed by atoms with Crippen molar-refractivity contribution >= 4 is 11.6 Å². The Balaban J connectivity index is 2.88. The van der Waals surface area contributed by atoms with E-state index in [4.69, 9.17) is 11.6 Å². The maximum atomic E-state index is 6.07. The van der Waals surface area contributed by atoms with Gasteiger partial charge in [0.1, 0.15) is 5.82 Å². The molecule has 0 aromatic carbocycles. The number of rotatable bonds is 5. The molecule has 0 spiro atoms. The molecule has 0 saturated carbocycles. The number of halogens is 1. The Kier molecular flexibility index (Phi) is 4.21. The lowest BCUT2D eigenvalue weighted by Gasteiger charge is -2.26. The van der Waals surface area contributed by atoms with Crippen molar-refractivity contribution in [1.82, 2.24) is 9.55 Å². The molecule has 0 radical (unpaired) electrons. The third kappa shape index (κ3) is 3.23. The van der Waals surface area contributed by atoms with Crippen LogP contribution >= 0.6 is 11.6 Å². The molecule has 86 valence electrons. The maximum absolute atomic E-state index is 6.07. The van der Waals surface area contributed by atoms with Crippen LogP contribution in [0.4, 0.5) is 0 Å². The summed E-state index contributed by atoms with van der Waals surface area (Å²) in [6.07, 6.45) is 6.02. The van der Waals surface area contributed by atoms with E-state index in [0.29, 0.717) is 0 Å². The van der Waals surface area contributed by atoms with Crippen LogP contribution in [0.2, 0.25) is 0 Å². The molecule has 1 heterocycles. The van der Waals surface area contributed by atoms with Crippen molar-refractivity contribution in [3.63, 3.8) is 0 Å². The van der Waals surface area contributed by atoms with Crippen molar-refractivity contribution in [3.05, 3.63) is 18.2 Å². The van der Waals surface area contributed by atoms with Crippen LogP contribution < -0.4 is 0 Å². The summed E-state index contributed by atoms with van der Waals surface area (Å²) >= 11 is 6.07. The maximum Gasteiger partial charge on any atom is 0.114 e.